The molecule has 1 aromatic carbocycles. The molecule has 1 aromatic heterocycles. The van der Waals surface area contributed by atoms with E-state index in [-0.39, 0.29) is 11.0 Å². The third kappa shape index (κ3) is 2.35. The van der Waals surface area contributed by atoms with Crippen LogP contribution in [0.2, 0.25) is 0 Å². The lowest BCUT2D eigenvalue weighted by Crippen LogP contribution is -2.24. The first-order chi connectivity index (χ1) is 9.88. The minimum atomic E-state index is -0.208. The predicted molar refractivity (Wildman–Crippen MR) is 82.9 cm³/mol. The van der Waals surface area contributed by atoms with Crippen LogP contribution < -0.4 is 10.3 Å². The summed E-state index contributed by atoms with van der Waals surface area (Å²) in [4.78, 5) is 19.8. The van der Waals surface area contributed by atoms with Crippen LogP contribution in [-0.2, 0) is 11.8 Å². The second-order valence-corrected chi connectivity index (χ2v) is 6.53. The summed E-state index contributed by atoms with van der Waals surface area (Å²) in [6, 6.07) is 6.05. The Labute approximate surface area is 124 Å². The molecule has 0 unspecified atom stereocenters. The lowest BCUT2D eigenvalue weighted by Gasteiger charge is -2.19. The molecule has 2 aromatic rings. The lowest BCUT2D eigenvalue weighted by atomic mass is 9.94. The van der Waals surface area contributed by atoms with Crippen molar-refractivity contribution in [1.82, 2.24) is 9.97 Å². The first-order valence-corrected chi connectivity index (χ1v) is 7.24. The van der Waals surface area contributed by atoms with Crippen LogP contribution in [0.25, 0.3) is 11.3 Å². The molecule has 0 spiro atoms. The number of fused-ring (bicyclic) bond motifs is 1. The smallest absolute Gasteiger partial charge is 0.254 e. The highest BCUT2D eigenvalue weighted by atomic mass is 16.5. The average molecular weight is 284 g/mol. The molecule has 1 N–H and O–H groups in total. The Bertz CT molecular complexity index is 754. The van der Waals surface area contributed by atoms with E-state index >= 15 is 0 Å². The van der Waals surface area contributed by atoms with Crippen molar-refractivity contribution in [3.8, 4) is 17.0 Å². The van der Waals surface area contributed by atoms with Gasteiger partial charge in [-0.1, -0.05) is 32.9 Å². The second kappa shape index (κ2) is 4.72. The summed E-state index contributed by atoms with van der Waals surface area (Å²) in [5, 5.41) is 0. The van der Waals surface area contributed by atoms with Crippen LogP contribution in [0.5, 0.6) is 5.75 Å². The number of hydrogen-bond acceptors (Lipinski definition) is 3. The van der Waals surface area contributed by atoms with Gasteiger partial charge in [0.2, 0.25) is 0 Å². The largest absolute Gasteiger partial charge is 0.492 e. The van der Waals surface area contributed by atoms with Crippen molar-refractivity contribution in [2.75, 3.05) is 6.61 Å². The van der Waals surface area contributed by atoms with E-state index in [1.54, 1.807) is 0 Å². The van der Waals surface area contributed by atoms with Crippen molar-refractivity contribution in [3.05, 3.63) is 45.5 Å². The molecule has 0 fully saturated rings. The van der Waals surface area contributed by atoms with E-state index in [0.717, 1.165) is 23.4 Å². The van der Waals surface area contributed by atoms with Gasteiger partial charge in [-0.05, 0) is 18.6 Å². The van der Waals surface area contributed by atoms with Crippen molar-refractivity contribution in [2.24, 2.45) is 0 Å². The number of aromatic amines is 1. The van der Waals surface area contributed by atoms with Gasteiger partial charge in [0.1, 0.15) is 11.6 Å². The van der Waals surface area contributed by atoms with Crippen molar-refractivity contribution < 1.29 is 4.74 Å². The fraction of sp³-hybridized carbons (Fsp3) is 0.412. The molecular formula is C17H20N2O2. The molecular weight excluding hydrogens is 264 g/mol. The zero-order valence-electron chi connectivity index (χ0n) is 12.9. The van der Waals surface area contributed by atoms with Gasteiger partial charge in [0.05, 0.1) is 12.3 Å². The van der Waals surface area contributed by atoms with E-state index in [1.807, 2.05) is 39.8 Å². The van der Waals surface area contributed by atoms with Crippen molar-refractivity contribution in [2.45, 2.75) is 39.5 Å². The third-order valence-corrected chi connectivity index (χ3v) is 3.83. The molecule has 21 heavy (non-hydrogen) atoms. The number of aromatic nitrogens is 2. The quantitative estimate of drug-likeness (QED) is 0.876. The van der Waals surface area contributed by atoms with Crippen LogP contribution in [-0.4, -0.2) is 16.6 Å². The number of ether oxygens (including phenoxy) is 1. The molecule has 0 saturated heterocycles. The summed E-state index contributed by atoms with van der Waals surface area (Å²) in [6.45, 7) is 8.62. The fourth-order valence-electron chi connectivity index (χ4n) is 2.55. The Morgan fingerprint density at radius 2 is 2.05 bits per heavy atom. The number of H-pyrrole nitrogens is 1. The molecule has 1 aliphatic rings. The molecule has 0 radical (unpaired) electrons. The molecule has 0 saturated carbocycles. The van der Waals surface area contributed by atoms with E-state index in [2.05, 4.69) is 11.1 Å². The Morgan fingerprint density at radius 3 is 2.76 bits per heavy atom. The second-order valence-electron chi connectivity index (χ2n) is 6.53. The maximum absolute atomic E-state index is 12.2. The van der Waals surface area contributed by atoms with Gasteiger partial charge in [-0.15, -0.1) is 0 Å². The minimum Gasteiger partial charge on any atom is -0.492 e. The van der Waals surface area contributed by atoms with Gasteiger partial charge in [-0.2, -0.15) is 0 Å². The SMILES string of the molecule is Cc1c(-c2cccc3c2OCC3)nc(C(C)(C)C)[nH]c1=O. The van der Waals surface area contributed by atoms with Gasteiger partial charge in [-0.3, -0.25) is 4.79 Å². The molecule has 1 aliphatic heterocycles. The van der Waals surface area contributed by atoms with Crippen molar-refractivity contribution in [1.29, 1.82) is 0 Å². The van der Waals surface area contributed by atoms with Gasteiger partial charge in [0, 0.05) is 23.0 Å². The summed E-state index contributed by atoms with van der Waals surface area (Å²) in [5.74, 6) is 1.57. The third-order valence-electron chi connectivity index (χ3n) is 3.83. The van der Waals surface area contributed by atoms with Crippen molar-refractivity contribution in [3.63, 3.8) is 0 Å². The molecule has 3 rings (SSSR count). The van der Waals surface area contributed by atoms with Gasteiger partial charge in [0.15, 0.2) is 0 Å². The molecule has 4 heteroatoms. The standard InChI is InChI=1S/C17H20N2O2/c1-10-13(18-16(17(2,3)4)19-15(10)20)12-7-5-6-11-8-9-21-14(11)12/h5-7H,8-9H2,1-4H3,(H,18,19,20). The maximum Gasteiger partial charge on any atom is 0.254 e. The first kappa shape index (κ1) is 13.9. The predicted octanol–water partition coefficient (Wildman–Crippen LogP) is 2.98. The van der Waals surface area contributed by atoms with Crippen molar-refractivity contribution >= 4 is 0 Å². The number of nitrogens with one attached hydrogen (secondary N) is 1. The Hall–Kier alpha value is -2.10. The number of benzene rings is 1. The Morgan fingerprint density at radius 1 is 1.29 bits per heavy atom. The van der Waals surface area contributed by atoms with Gasteiger partial charge in [0.25, 0.3) is 5.56 Å². The number of hydrogen-bond donors (Lipinski definition) is 1. The van der Waals surface area contributed by atoms with Crippen LogP contribution >= 0.6 is 0 Å². The van der Waals surface area contributed by atoms with E-state index in [0.29, 0.717) is 18.0 Å². The van der Waals surface area contributed by atoms with E-state index in [4.69, 9.17) is 9.72 Å². The lowest BCUT2D eigenvalue weighted by molar-refractivity contribution is 0.358. The fourth-order valence-corrected chi connectivity index (χ4v) is 2.55. The van der Waals surface area contributed by atoms with Crippen LogP contribution in [0.4, 0.5) is 0 Å². The molecule has 0 atom stereocenters. The topological polar surface area (TPSA) is 55.0 Å². The average Bonchev–Trinajstić information content (AvgIpc) is 2.88. The van der Waals surface area contributed by atoms with Crippen LogP contribution in [0, 0.1) is 6.92 Å². The highest BCUT2D eigenvalue weighted by Crippen LogP contribution is 2.37. The summed E-state index contributed by atoms with van der Waals surface area (Å²) < 4.78 is 5.75. The van der Waals surface area contributed by atoms with E-state index in [9.17, 15) is 4.79 Å². The maximum atomic E-state index is 12.2. The molecule has 2 heterocycles. The summed E-state index contributed by atoms with van der Waals surface area (Å²) in [5.41, 5.74) is 3.17. The van der Waals surface area contributed by atoms with Gasteiger partial charge >= 0.3 is 0 Å². The van der Waals surface area contributed by atoms with Crippen LogP contribution in [0.3, 0.4) is 0 Å². The first-order valence-electron chi connectivity index (χ1n) is 7.24. The van der Waals surface area contributed by atoms with Gasteiger partial charge in [-0.25, -0.2) is 4.98 Å². The molecule has 4 nitrogen and oxygen atoms in total. The Kier molecular flexibility index (Phi) is 3.12. The normalized spacial score (nSPS) is 13.9. The monoisotopic (exact) mass is 284 g/mol. The molecule has 110 valence electrons. The molecule has 0 aliphatic carbocycles. The minimum absolute atomic E-state index is 0.0828. The van der Waals surface area contributed by atoms with E-state index < -0.39 is 0 Å². The van der Waals surface area contributed by atoms with Gasteiger partial charge < -0.3 is 9.72 Å². The van der Waals surface area contributed by atoms with Crippen LogP contribution in [0.15, 0.2) is 23.0 Å². The molecule has 0 bridgehead atoms. The number of para-hydroxylation sites is 1. The zero-order valence-corrected chi connectivity index (χ0v) is 12.9. The highest BCUT2D eigenvalue weighted by Gasteiger charge is 2.23. The molecule has 0 amide bonds. The summed E-state index contributed by atoms with van der Waals surface area (Å²) >= 11 is 0. The number of nitrogens with zero attached hydrogens (tertiary/aromatic N) is 1. The van der Waals surface area contributed by atoms with Crippen LogP contribution in [0.1, 0.15) is 37.7 Å². The highest BCUT2D eigenvalue weighted by molar-refractivity contribution is 5.72. The summed E-state index contributed by atoms with van der Waals surface area (Å²) in [7, 11) is 0. The summed E-state index contributed by atoms with van der Waals surface area (Å²) in [6.07, 6.45) is 0.914. The van der Waals surface area contributed by atoms with E-state index in [1.165, 1.54) is 5.56 Å². The zero-order chi connectivity index (χ0) is 15.2. The Balaban J connectivity index is 2.26. The number of rotatable bonds is 1.